The lowest BCUT2D eigenvalue weighted by Crippen LogP contribution is -2.28. The third-order valence-corrected chi connectivity index (χ3v) is 3.66. The van der Waals surface area contributed by atoms with Gasteiger partial charge in [0, 0.05) is 12.2 Å². The molecule has 0 aliphatic heterocycles. The van der Waals surface area contributed by atoms with E-state index >= 15 is 0 Å². The predicted molar refractivity (Wildman–Crippen MR) is 73.8 cm³/mol. The molecule has 0 atom stereocenters. The van der Waals surface area contributed by atoms with Crippen molar-refractivity contribution in [1.29, 1.82) is 10.5 Å². The van der Waals surface area contributed by atoms with Crippen LogP contribution in [0.5, 0.6) is 0 Å². The van der Waals surface area contributed by atoms with E-state index in [-0.39, 0.29) is 23.3 Å². The summed E-state index contributed by atoms with van der Waals surface area (Å²) < 4.78 is 30.0. The first-order valence-corrected chi connectivity index (χ1v) is 7.71. The second kappa shape index (κ2) is 6.08. The molecule has 0 amide bonds. The summed E-state index contributed by atoms with van der Waals surface area (Å²) in [4.78, 5) is 0. The minimum atomic E-state index is -4.00. The lowest BCUT2D eigenvalue weighted by atomic mass is 9.76. The van der Waals surface area contributed by atoms with E-state index < -0.39 is 10.1 Å². The Kier molecular flexibility index (Phi) is 4.93. The quantitative estimate of drug-likeness (QED) is 0.600. The number of hydrogen-bond acceptors (Lipinski definition) is 5. The largest absolute Gasteiger partial charge is 0.387 e. The SMILES string of the molecule is CC1(C)CC(NCCS(=O)(=O)O)=CC(=C(C#N)C#N)C1. The maximum Gasteiger partial charge on any atom is 0.266 e. The van der Waals surface area contributed by atoms with E-state index in [4.69, 9.17) is 15.1 Å². The fraction of sp³-hybridized carbons (Fsp3) is 0.538. The summed E-state index contributed by atoms with van der Waals surface area (Å²) in [7, 11) is -4.00. The molecule has 0 saturated heterocycles. The number of rotatable bonds is 4. The van der Waals surface area contributed by atoms with Crippen molar-refractivity contribution in [2.75, 3.05) is 12.3 Å². The molecular weight excluding hydrogens is 278 g/mol. The van der Waals surface area contributed by atoms with Crippen LogP contribution in [0.25, 0.3) is 0 Å². The van der Waals surface area contributed by atoms with Gasteiger partial charge in [0.2, 0.25) is 0 Å². The smallest absolute Gasteiger partial charge is 0.266 e. The highest BCUT2D eigenvalue weighted by molar-refractivity contribution is 7.85. The van der Waals surface area contributed by atoms with Gasteiger partial charge in [-0.05, 0) is 29.9 Å². The van der Waals surface area contributed by atoms with Crippen LogP contribution < -0.4 is 5.32 Å². The van der Waals surface area contributed by atoms with E-state index in [1.165, 1.54) is 0 Å². The fourth-order valence-corrected chi connectivity index (χ4v) is 2.55. The van der Waals surface area contributed by atoms with Crippen molar-refractivity contribution >= 4 is 10.1 Å². The highest BCUT2D eigenvalue weighted by atomic mass is 32.2. The molecule has 6 nitrogen and oxygen atoms in total. The highest BCUT2D eigenvalue weighted by Gasteiger charge is 2.27. The molecule has 0 unspecified atom stereocenters. The fourth-order valence-electron chi connectivity index (χ4n) is 2.19. The minimum Gasteiger partial charge on any atom is -0.387 e. The normalized spacial score (nSPS) is 17.6. The predicted octanol–water partition coefficient (Wildman–Crippen LogP) is 1.51. The average molecular weight is 295 g/mol. The van der Waals surface area contributed by atoms with Crippen LogP contribution in [0.1, 0.15) is 26.7 Å². The molecule has 108 valence electrons. The minimum absolute atomic E-state index is 0.0758. The monoisotopic (exact) mass is 295 g/mol. The van der Waals surface area contributed by atoms with E-state index in [9.17, 15) is 8.42 Å². The third-order valence-electron chi connectivity index (χ3n) is 2.94. The number of nitrogens with zero attached hydrogens (tertiary/aromatic N) is 2. The number of allylic oxidation sites excluding steroid dienone is 4. The van der Waals surface area contributed by atoms with Gasteiger partial charge in [0.1, 0.15) is 17.7 Å². The van der Waals surface area contributed by atoms with Crippen molar-refractivity contribution < 1.29 is 13.0 Å². The Morgan fingerprint density at radius 1 is 1.40 bits per heavy atom. The molecule has 7 heteroatoms. The molecule has 0 aromatic carbocycles. The molecule has 0 fully saturated rings. The second-order valence-electron chi connectivity index (χ2n) is 5.52. The molecule has 0 bridgehead atoms. The van der Waals surface area contributed by atoms with Crippen molar-refractivity contribution in [2.24, 2.45) is 5.41 Å². The molecule has 0 spiro atoms. The number of nitriles is 2. The Bertz CT molecular complexity index is 615. The molecule has 0 radical (unpaired) electrons. The zero-order valence-electron chi connectivity index (χ0n) is 11.5. The first kappa shape index (κ1) is 16.2. The van der Waals surface area contributed by atoms with Gasteiger partial charge in [-0.15, -0.1) is 0 Å². The lowest BCUT2D eigenvalue weighted by molar-refractivity contribution is 0.342. The molecule has 1 aliphatic carbocycles. The summed E-state index contributed by atoms with van der Waals surface area (Å²) in [5.74, 6) is -0.382. The zero-order valence-corrected chi connectivity index (χ0v) is 12.3. The Morgan fingerprint density at radius 2 is 2.00 bits per heavy atom. The van der Waals surface area contributed by atoms with Gasteiger partial charge in [0.15, 0.2) is 0 Å². The molecule has 1 aliphatic rings. The summed E-state index contributed by atoms with van der Waals surface area (Å²) in [6.45, 7) is 4.11. The second-order valence-corrected chi connectivity index (χ2v) is 7.10. The molecule has 20 heavy (non-hydrogen) atoms. The Labute approximate surface area is 119 Å². The van der Waals surface area contributed by atoms with Crippen LogP contribution in [0, 0.1) is 28.1 Å². The molecule has 0 aromatic heterocycles. The molecule has 0 aromatic rings. The summed E-state index contributed by atoms with van der Waals surface area (Å²) in [6.07, 6.45) is 3.02. The van der Waals surface area contributed by atoms with Crippen LogP contribution in [-0.4, -0.2) is 25.3 Å². The van der Waals surface area contributed by atoms with Gasteiger partial charge < -0.3 is 5.32 Å². The van der Waals surface area contributed by atoms with Crippen LogP contribution in [0.2, 0.25) is 0 Å². The lowest BCUT2D eigenvalue weighted by Gasteiger charge is -2.31. The Balaban J connectivity index is 2.93. The van der Waals surface area contributed by atoms with E-state index in [0.29, 0.717) is 18.4 Å². The number of hydrogen-bond donors (Lipinski definition) is 2. The Morgan fingerprint density at radius 3 is 2.50 bits per heavy atom. The molecular formula is C13H17N3O3S. The number of nitrogens with one attached hydrogen (secondary N) is 1. The van der Waals surface area contributed by atoms with E-state index in [1.54, 1.807) is 6.08 Å². The van der Waals surface area contributed by atoms with Crippen LogP contribution in [0.4, 0.5) is 0 Å². The van der Waals surface area contributed by atoms with Gasteiger partial charge in [-0.25, -0.2) is 0 Å². The standard InChI is InChI=1S/C13H17N3O3S/c1-13(2)6-10(11(8-14)9-15)5-12(7-13)16-3-4-20(17,18)19/h5,16H,3-4,6-7H2,1-2H3,(H,17,18,19). The van der Waals surface area contributed by atoms with Gasteiger partial charge >= 0.3 is 0 Å². The highest BCUT2D eigenvalue weighted by Crippen LogP contribution is 2.37. The first-order chi connectivity index (χ1) is 9.17. The molecule has 0 heterocycles. The van der Waals surface area contributed by atoms with Crippen molar-refractivity contribution in [3.05, 3.63) is 22.9 Å². The van der Waals surface area contributed by atoms with Gasteiger partial charge in [-0.3, -0.25) is 4.55 Å². The van der Waals surface area contributed by atoms with E-state index in [0.717, 1.165) is 5.70 Å². The zero-order chi connectivity index (χ0) is 15.4. The van der Waals surface area contributed by atoms with Crippen LogP contribution in [0.15, 0.2) is 22.9 Å². The summed E-state index contributed by atoms with van der Waals surface area (Å²) >= 11 is 0. The summed E-state index contributed by atoms with van der Waals surface area (Å²) in [6, 6.07) is 3.74. The average Bonchev–Trinajstić information content (AvgIpc) is 2.26. The van der Waals surface area contributed by atoms with Gasteiger partial charge in [0.25, 0.3) is 10.1 Å². The van der Waals surface area contributed by atoms with Crippen molar-refractivity contribution in [1.82, 2.24) is 5.32 Å². The topological polar surface area (TPSA) is 114 Å². The summed E-state index contributed by atoms with van der Waals surface area (Å²) in [5.41, 5.74) is 1.37. The van der Waals surface area contributed by atoms with Crippen molar-refractivity contribution in [3.63, 3.8) is 0 Å². The van der Waals surface area contributed by atoms with Crippen molar-refractivity contribution in [2.45, 2.75) is 26.7 Å². The van der Waals surface area contributed by atoms with E-state index in [1.807, 2.05) is 26.0 Å². The molecule has 0 saturated carbocycles. The van der Waals surface area contributed by atoms with Crippen LogP contribution >= 0.6 is 0 Å². The molecule has 2 N–H and O–H groups in total. The third kappa shape index (κ3) is 5.04. The first-order valence-electron chi connectivity index (χ1n) is 6.10. The van der Waals surface area contributed by atoms with Gasteiger partial charge in [-0.2, -0.15) is 18.9 Å². The van der Waals surface area contributed by atoms with Crippen LogP contribution in [0.3, 0.4) is 0 Å². The van der Waals surface area contributed by atoms with Gasteiger partial charge in [-0.1, -0.05) is 13.8 Å². The van der Waals surface area contributed by atoms with Gasteiger partial charge in [0.05, 0.1) is 5.75 Å². The van der Waals surface area contributed by atoms with E-state index in [2.05, 4.69) is 5.32 Å². The summed E-state index contributed by atoms with van der Waals surface area (Å²) in [5, 5.41) is 20.8. The molecule has 1 rings (SSSR count). The van der Waals surface area contributed by atoms with Crippen LogP contribution in [-0.2, 0) is 10.1 Å². The Hall–Kier alpha value is -1.83. The van der Waals surface area contributed by atoms with Crippen molar-refractivity contribution in [3.8, 4) is 12.1 Å². The maximum absolute atomic E-state index is 10.7. The maximum atomic E-state index is 10.7.